The third-order valence-electron chi connectivity index (χ3n) is 5.23. The van der Waals surface area contributed by atoms with Crippen LogP contribution in [0, 0.1) is 6.92 Å². The molecule has 1 fully saturated rings. The Hall–Kier alpha value is -2.50. The normalized spacial score (nSPS) is 22.4. The lowest BCUT2D eigenvalue weighted by Gasteiger charge is -2.31. The third-order valence-corrected chi connectivity index (χ3v) is 5.23. The van der Waals surface area contributed by atoms with E-state index in [2.05, 4.69) is 14.9 Å². The van der Waals surface area contributed by atoms with Crippen molar-refractivity contribution in [3.05, 3.63) is 48.0 Å². The van der Waals surface area contributed by atoms with Crippen molar-refractivity contribution in [1.29, 1.82) is 0 Å². The zero-order valence-corrected chi connectivity index (χ0v) is 14.5. The Morgan fingerprint density at radius 1 is 1.36 bits per heavy atom. The van der Waals surface area contributed by atoms with Crippen molar-refractivity contribution >= 4 is 6.03 Å². The number of carbonyl (C=O) groups is 1. The molecule has 1 aromatic carbocycles. The summed E-state index contributed by atoms with van der Waals surface area (Å²) in [4.78, 5) is 19.2. The van der Waals surface area contributed by atoms with Gasteiger partial charge in [-0.05, 0) is 25.8 Å². The Labute approximate surface area is 147 Å². The van der Waals surface area contributed by atoms with Gasteiger partial charge in [-0.2, -0.15) is 0 Å². The van der Waals surface area contributed by atoms with E-state index in [1.807, 2.05) is 48.5 Å². The van der Waals surface area contributed by atoms with E-state index in [0.29, 0.717) is 6.61 Å². The number of aromatic nitrogens is 2. The zero-order chi connectivity index (χ0) is 17.2. The minimum atomic E-state index is 0.0219. The number of nitrogens with zero attached hydrogens (tertiary/aromatic N) is 3. The van der Waals surface area contributed by atoms with E-state index in [1.54, 1.807) is 0 Å². The summed E-state index contributed by atoms with van der Waals surface area (Å²) in [7, 11) is 0. The minimum Gasteiger partial charge on any atom is -0.493 e. The van der Waals surface area contributed by atoms with Gasteiger partial charge in [-0.25, -0.2) is 9.78 Å². The van der Waals surface area contributed by atoms with Gasteiger partial charge in [0.2, 0.25) is 0 Å². The van der Waals surface area contributed by atoms with Crippen LogP contribution in [0.25, 0.3) is 0 Å². The molecule has 2 aliphatic rings. The fourth-order valence-electron chi connectivity index (χ4n) is 3.84. The number of likely N-dealkylation sites (tertiary alicyclic amines) is 1. The molecule has 6 heteroatoms. The summed E-state index contributed by atoms with van der Waals surface area (Å²) in [6.45, 7) is 4.26. The Morgan fingerprint density at radius 2 is 2.24 bits per heavy atom. The number of ether oxygens (including phenoxy) is 1. The summed E-state index contributed by atoms with van der Waals surface area (Å²) in [5.74, 6) is 1.87. The maximum absolute atomic E-state index is 12.9. The predicted octanol–water partition coefficient (Wildman–Crippen LogP) is 2.89. The van der Waals surface area contributed by atoms with Crippen LogP contribution >= 0.6 is 0 Å². The second-order valence-corrected chi connectivity index (χ2v) is 6.79. The molecule has 1 saturated heterocycles. The number of fused-ring (bicyclic) bond motifs is 1. The molecule has 2 unspecified atom stereocenters. The summed E-state index contributed by atoms with van der Waals surface area (Å²) < 4.78 is 7.82. The van der Waals surface area contributed by atoms with Gasteiger partial charge >= 0.3 is 6.03 Å². The smallest absolute Gasteiger partial charge is 0.318 e. The molecular weight excluding hydrogens is 316 g/mol. The van der Waals surface area contributed by atoms with Crippen molar-refractivity contribution in [2.24, 2.45) is 0 Å². The van der Waals surface area contributed by atoms with Crippen molar-refractivity contribution in [3.63, 3.8) is 0 Å². The minimum absolute atomic E-state index is 0.0219. The molecule has 4 rings (SSSR count). The van der Waals surface area contributed by atoms with E-state index in [4.69, 9.17) is 4.74 Å². The van der Waals surface area contributed by atoms with Gasteiger partial charge in [-0.3, -0.25) is 0 Å². The van der Waals surface area contributed by atoms with Gasteiger partial charge < -0.3 is 19.5 Å². The van der Waals surface area contributed by atoms with Crippen LogP contribution in [-0.2, 0) is 6.54 Å². The van der Waals surface area contributed by atoms with Gasteiger partial charge in [0.05, 0.1) is 18.7 Å². The maximum atomic E-state index is 12.9. The van der Waals surface area contributed by atoms with Crippen LogP contribution in [0.2, 0.25) is 0 Å². The average molecular weight is 340 g/mol. The maximum Gasteiger partial charge on any atom is 0.318 e. The molecule has 132 valence electrons. The first-order chi connectivity index (χ1) is 12.2. The Balaban J connectivity index is 1.45. The van der Waals surface area contributed by atoms with Crippen molar-refractivity contribution in [3.8, 4) is 5.75 Å². The number of imidazole rings is 1. The summed E-state index contributed by atoms with van der Waals surface area (Å²) >= 11 is 0. The highest BCUT2D eigenvalue weighted by Crippen LogP contribution is 2.32. The summed E-state index contributed by atoms with van der Waals surface area (Å²) in [6.07, 6.45) is 6.69. The molecule has 1 aromatic heterocycles. The summed E-state index contributed by atoms with van der Waals surface area (Å²) in [5.41, 5.74) is 1.07. The Morgan fingerprint density at radius 3 is 3.08 bits per heavy atom. The monoisotopic (exact) mass is 340 g/mol. The van der Waals surface area contributed by atoms with E-state index in [9.17, 15) is 4.79 Å². The van der Waals surface area contributed by atoms with Crippen molar-refractivity contribution in [1.82, 2.24) is 19.8 Å². The second-order valence-electron chi connectivity index (χ2n) is 6.79. The lowest BCUT2D eigenvalue weighted by Crippen LogP contribution is -2.46. The van der Waals surface area contributed by atoms with Gasteiger partial charge in [0.15, 0.2) is 0 Å². The first-order valence-corrected chi connectivity index (χ1v) is 8.99. The van der Waals surface area contributed by atoms with E-state index < -0.39 is 0 Å². The number of hydrogen-bond donors (Lipinski definition) is 1. The van der Waals surface area contributed by atoms with Gasteiger partial charge in [-0.1, -0.05) is 18.2 Å². The van der Waals surface area contributed by atoms with Crippen molar-refractivity contribution in [2.75, 3.05) is 13.2 Å². The molecular formula is C19H24N4O2. The number of amides is 2. The summed E-state index contributed by atoms with van der Waals surface area (Å²) in [5, 5.41) is 3.22. The van der Waals surface area contributed by atoms with E-state index in [-0.39, 0.29) is 18.1 Å². The lowest BCUT2D eigenvalue weighted by atomic mass is 10.0. The highest BCUT2D eigenvalue weighted by atomic mass is 16.5. The molecule has 0 spiro atoms. The lowest BCUT2D eigenvalue weighted by molar-refractivity contribution is 0.177. The highest BCUT2D eigenvalue weighted by Gasteiger charge is 2.31. The molecule has 0 radical (unpaired) electrons. The number of para-hydroxylation sites is 1. The Bertz CT molecular complexity index is 757. The Kier molecular flexibility index (Phi) is 4.34. The first kappa shape index (κ1) is 16.0. The van der Waals surface area contributed by atoms with Crippen LogP contribution in [0.3, 0.4) is 0 Å². The SMILES string of the molecule is Cc1nccn1CC1CCCN1C(=O)NC1CCOc2ccccc21. The first-order valence-electron chi connectivity index (χ1n) is 8.99. The number of carbonyl (C=O) groups excluding carboxylic acids is 1. The molecule has 1 N–H and O–H groups in total. The standard InChI is InChI=1S/C19H24N4O2/c1-14-20-9-11-22(14)13-15-5-4-10-23(15)19(24)21-17-8-12-25-18-7-3-2-6-16(17)18/h2-3,6-7,9,11,15,17H,4-5,8,10,12-13H2,1H3,(H,21,24). The van der Waals surface area contributed by atoms with Crippen LogP contribution in [0.5, 0.6) is 5.75 Å². The predicted molar refractivity (Wildman–Crippen MR) is 94.5 cm³/mol. The molecule has 2 aliphatic heterocycles. The highest BCUT2D eigenvalue weighted by molar-refractivity contribution is 5.75. The number of benzene rings is 1. The second kappa shape index (κ2) is 6.78. The fraction of sp³-hybridized carbons (Fsp3) is 0.474. The molecule has 25 heavy (non-hydrogen) atoms. The molecule has 2 atom stereocenters. The van der Waals surface area contributed by atoms with Gasteiger partial charge in [-0.15, -0.1) is 0 Å². The van der Waals surface area contributed by atoms with Crippen LogP contribution in [-0.4, -0.2) is 39.7 Å². The zero-order valence-electron chi connectivity index (χ0n) is 14.5. The van der Waals surface area contributed by atoms with Crippen LogP contribution in [0.1, 0.15) is 36.7 Å². The number of aryl methyl sites for hydroxylation is 1. The largest absolute Gasteiger partial charge is 0.493 e. The van der Waals surface area contributed by atoms with Gasteiger partial charge in [0, 0.05) is 37.5 Å². The topological polar surface area (TPSA) is 59.4 Å². The average Bonchev–Trinajstić information content (AvgIpc) is 3.25. The molecule has 0 bridgehead atoms. The van der Waals surface area contributed by atoms with E-state index in [0.717, 1.165) is 49.5 Å². The third kappa shape index (κ3) is 3.21. The van der Waals surface area contributed by atoms with Crippen molar-refractivity contribution in [2.45, 2.75) is 44.8 Å². The van der Waals surface area contributed by atoms with Crippen LogP contribution in [0.15, 0.2) is 36.7 Å². The van der Waals surface area contributed by atoms with Gasteiger partial charge in [0.1, 0.15) is 11.6 Å². The molecule has 2 aromatic rings. The number of urea groups is 1. The molecule has 2 amide bonds. The molecule has 0 aliphatic carbocycles. The molecule has 3 heterocycles. The van der Waals surface area contributed by atoms with Crippen molar-refractivity contribution < 1.29 is 9.53 Å². The van der Waals surface area contributed by atoms with Crippen LogP contribution < -0.4 is 10.1 Å². The van der Waals surface area contributed by atoms with Crippen LogP contribution in [0.4, 0.5) is 4.79 Å². The summed E-state index contributed by atoms with van der Waals surface area (Å²) in [6, 6.07) is 8.24. The van der Waals surface area contributed by atoms with Gasteiger partial charge in [0.25, 0.3) is 0 Å². The number of nitrogens with one attached hydrogen (secondary N) is 1. The number of rotatable bonds is 3. The molecule has 0 saturated carbocycles. The van der Waals surface area contributed by atoms with E-state index >= 15 is 0 Å². The molecule has 6 nitrogen and oxygen atoms in total. The fourth-order valence-corrected chi connectivity index (χ4v) is 3.84. The van der Waals surface area contributed by atoms with E-state index in [1.165, 1.54) is 0 Å². The number of hydrogen-bond acceptors (Lipinski definition) is 3. The quantitative estimate of drug-likeness (QED) is 0.935.